The summed E-state index contributed by atoms with van der Waals surface area (Å²) in [5.41, 5.74) is 2.94. The van der Waals surface area contributed by atoms with Gasteiger partial charge in [-0.1, -0.05) is 29.8 Å². The molecule has 0 aliphatic rings. The van der Waals surface area contributed by atoms with Gasteiger partial charge >= 0.3 is 5.97 Å². The maximum Gasteiger partial charge on any atom is 0.340 e. The molecular weight excluding hydrogens is 344 g/mol. The van der Waals surface area contributed by atoms with Crippen LogP contribution in [0.5, 0.6) is 5.75 Å². The third-order valence-corrected chi connectivity index (χ3v) is 3.99. The molecule has 27 heavy (non-hydrogen) atoms. The number of nitrogens with one attached hydrogen (secondary N) is 1. The van der Waals surface area contributed by atoms with Gasteiger partial charge in [0.05, 0.1) is 31.5 Å². The number of hydrogen-bond acceptors (Lipinski definition) is 5. The van der Waals surface area contributed by atoms with Crippen molar-refractivity contribution >= 4 is 17.6 Å². The van der Waals surface area contributed by atoms with Gasteiger partial charge in [0.2, 0.25) is 5.91 Å². The predicted molar refractivity (Wildman–Crippen MR) is 105 cm³/mol. The molecule has 0 bridgehead atoms. The van der Waals surface area contributed by atoms with Gasteiger partial charge in [0.1, 0.15) is 5.75 Å². The van der Waals surface area contributed by atoms with Gasteiger partial charge in [0, 0.05) is 12.1 Å². The molecule has 0 unspecified atom stereocenters. The van der Waals surface area contributed by atoms with Crippen LogP contribution in [-0.2, 0) is 16.1 Å². The number of methoxy groups -OCH3 is 1. The standard InChI is InChI=1S/C21H26N2O4/c1-5-27-21(25)17-8-6-7-9-18(17)22-20(24)14-23(3)13-16-12-15(2)10-11-19(16)26-4/h6-12H,5,13-14H2,1-4H3,(H,22,24). The molecular formula is C21H26N2O4. The smallest absolute Gasteiger partial charge is 0.340 e. The zero-order valence-electron chi connectivity index (χ0n) is 16.2. The number of amides is 1. The summed E-state index contributed by atoms with van der Waals surface area (Å²) in [6.45, 7) is 4.78. The van der Waals surface area contributed by atoms with Gasteiger partial charge in [-0.2, -0.15) is 0 Å². The van der Waals surface area contributed by atoms with E-state index in [0.29, 0.717) is 17.8 Å². The van der Waals surface area contributed by atoms with Crippen LogP contribution >= 0.6 is 0 Å². The molecule has 0 heterocycles. The average Bonchev–Trinajstić information content (AvgIpc) is 2.62. The Hall–Kier alpha value is -2.86. The van der Waals surface area contributed by atoms with Crippen LogP contribution in [0.1, 0.15) is 28.4 Å². The van der Waals surface area contributed by atoms with E-state index in [4.69, 9.17) is 9.47 Å². The first-order valence-corrected chi connectivity index (χ1v) is 8.82. The normalized spacial score (nSPS) is 10.6. The van der Waals surface area contributed by atoms with E-state index in [0.717, 1.165) is 16.9 Å². The van der Waals surface area contributed by atoms with Gasteiger partial charge in [-0.05, 0) is 39.1 Å². The quantitative estimate of drug-likeness (QED) is 0.723. The van der Waals surface area contributed by atoms with Crippen molar-refractivity contribution in [1.82, 2.24) is 4.90 Å². The summed E-state index contributed by atoms with van der Waals surface area (Å²) in [6.07, 6.45) is 0. The zero-order chi connectivity index (χ0) is 19.8. The number of para-hydroxylation sites is 1. The predicted octanol–water partition coefficient (Wildman–Crippen LogP) is 3.25. The fourth-order valence-electron chi connectivity index (χ4n) is 2.79. The Morgan fingerprint density at radius 1 is 1.15 bits per heavy atom. The monoisotopic (exact) mass is 370 g/mol. The molecule has 6 heteroatoms. The van der Waals surface area contributed by atoms with Crippen LogP contribution in [0.2, 0.25) is 0 Å². The highest BCUT2D eigenvalue weighted by molar-refractivity contribution is 6.01. The number of hydrogen-bond donors (Lipinski definition) is 1. The fourth-order valence-corrected chi connectivity index (χ4v) is 2.79. The first-order chi connectivity index (χ1) is 12.9. The van der Waals surface area contributed by atoms with Crippen molar-refractivity contribution in [2.24, 2.45) is 0 Å². The Kier molecular flexibility index (Phi) is 7.37. The third kappa shape index (κ3) is 5.82. The minimum Gasteiger partial charge on any atom is -0.496 e. The summed E-state index contributed by atoms with van der Waals surface area (Å²) in [7, 11) is 3.49. The lowest BCUT2D eigenvalue weighted by Gasteiger charge is -2.19. The van der Waals surface area contributed by atoms with E-state index in [1.54, 1.807) is 38.3 Å². The molecule has 2 aromatic rings. The van der Waals surface area contributed by atoms with E-state index in [1.165, 1.54) is 0 Å². The molecule has 0 saturated heterocycles. The molecule has 6 nitrogen and oxygen atoms in total. The lowest BCUT2D eigenvalue weighted by atomic mass is 10.1. The molecule has 2 aromatic carbocycles. The number of likely N-dealkylation sites (N-methyl/N-ethyl adjacent to an activating group) is 1. The molecule has 0 aromatic heterocycles. The number of carbonyl (C=O) groups excluding carboxylic acids is 2. The number of rotatable bonds is 8. The number of nitrogens with zero attached hydrogens (tertiary/aromatic N) is 1. The molecule has 0 atom stereocenters. The third-order valence-electron chi connectivity index (χ3n) is 3.99. The number of esters is 1. The molecule has 0 aliphatic heterocycles. The molecule has 1 N–H and O–H groups in total. The van der Waals surface area contributed by atoms with Crippen LogP contribution < -0.4 is 10.1 Å². The highest BCUT2D eigenvalue weighted by atomic mass is 16.5. The number of benzene rings is 2. The zero-order valence-corrected chi connectivity index (χ0v) is 16.2. The van der Waals surface area contributed by atoms with Crippen molar-refractivity contribution in [3.63, 3.8) is 0 Å². The van der Waals surface area contributed by atoms with E-state index in [9.17, 15) is 9.59 Å². The van der Waals surface area contributed by atoms with Gasteiger partial charge in [-0.25, -0.2) is 4.79 Å². The Bertz CT molecular complexity index is 805. The number of aryl methyl sites for hydroxylation is 1. The lowest BCUT2D eigenvalue weighted by molar-refractivity contribution is -0.117. The molecule has 1 amide bonds. The van der Waals surface area contributed by atoms with E-state index >= 15 is 0 Å². The van der Waals surface area contributed by atoms with Crippen LogP contribution in [0.3, 0.4) is 0 Å². The molecule has 0 aliphatic carbocycles. The van der Waals surface area contributed by atoms with E-state index < -0.39 is 5.97 Å². The van der Waals surface area contributed by atoms with Crippen LogP contribution in [0.15, 0.2) is 42.5 Å². The highest BCUT2D eigenvalue weighted by Gasteiger charge is 2.15. The molecule has 0 fully saturated rings. The number of ether oxygens (including phenoxy) is 2. The van der Waals surface area contributed by atoms with Gasteiger partial charge in [-0.3, -0.25) is 9.69 Å². The second-order valence-corrected chi connectivity index (χ2v) is 6.30. The second kappa shape index (κ2) is 9.73. The van der Waals surface area contributed by atoms with Crippen molar-refractivity contribution in [2.75, 3.05) is 32.6 Å². The van der Waals surface area contributed by atoms with E-state index in [2.05, 4.69) is 5.32 Å². The summed E-state index contributed by atoms with van der Waals surface area (Å²) in [5, 5.41) is 2.79. The van der Waals surface area contributed by atoms with Gasteiger partial charge in [0.25, 0.3) is 0 Å². The topological polar surface area (TPSA) is 67.9 Å². The van der Waals surface area contributed by atoms with Crippen LogP contribution in [0, 0.1) is 6.92 Å². The van der Waals surface area contributed by atoms with Crippen molar-refractivity contribution in [3.05, 3.63) is 59.2 Å². The van der Waals surface area contributed by atoms with Crippen LogP contribution in [0.4, 0.5) is 5.69 Å². The Balaban J connectivity index is 2.02. The SMILES string of the molecule is CCOC(=O)c1ccccc1NC(=O)CN(C)Cc1cc(C)ccc1OC. The summed E-state index contributed by atoms with van der Waals surface area (Å²) in [6, 6.07) is 12.8. The Morgan fingerprint density at radius 2 is 1.89 bits per heavy atom. The maximum atomic E-state index is 12.4. The van der Waals surface area contributed by atoms with Gasteiger partial charge in [-0.15, -0.1) is 0 Å². The van der Waals surface area contributed by atoms with Gasteiger partial charge < -0.3 is 14.8 Å². The highest BCUT2D eigenvalue weighted by Crippen LogP contribution is 2.21. The van der Waals surface area contributed by atoms with Crippen molar-refractivity contribution in [2.45, 2.75) is 20.4 Å². The molecule has 0 saturated carbocycles. The minimum atomic E-state index is -0.453. The maximum absolute atomic E-state index is 12.4. The van der Waals surface area contributed by atoms with E-state index in [-0.39, 0.29) is 19.1 Å². The summed E-state index contributed by atoms with van der Waals surface area (Å²) in [5.74, 6) is 0.132. The number of carbonyl (C=O) groups is 2. The van der Waals surface area contributed by atoms with Crippen molar-refractivity contribution in [1.29, 1.82) is 0 Å². The second-order valence-electron chi connectivity index (χ2n) is 6.30. The van der Waals surface area contributed by atoms with Crippen LogP contribution in [0.25, 0.3) is 0 Å². The summed E-state index contributed by atoms with van der Waals surface area (Å²) >= 11 is 0. The average molecular weight is 370 g/mol. The number of anilines is 1. The first kappa shape index (κ1) is 20.5. The van der Waals surface area contributed by atoms with Crippen LogP contribution in [-0.4, -0.2) is 44.1 Å². The first-order valence-electron chi connectivity index (χ1n) is 8.82. The largest absolute Gasteiger partial charge is 0.496 e. The fraction of sp³-hybridized carbons (Fsp3) is 0.333. The van der Waals surface area contributed by atoms with Crippen molar-refractivity contribution in [3.8, 4) is 5.75 Å². The minimum absolute atomic E-state index is 0.175. The molecule has 0 spiro atoms. The summed E-state index contributed by atoms with van der Waals surface area (Å²) < 4.78 is 10.4. The summed E-state index contributed by atoms with van der Waals surface area (Å²) in [4.78, 5) is 26.3. The molecule has 144 valence electrons. The van der Waals surface area contributed by atoms with Gasteiger partial charge in [0.15, 0.2) is 0 Å². The van der Waals surface area contributed by atoms with Crippen molar-refractivity contribution < 1.29 is 19.1 Å². The van der Waals surface area contributed by atoms with E-state index in [1.807, 2.05) is 37.1 Å². The Labute approximate surface area is 160 Å². The Morgan fingerprint density at radius 3 is 2.59 bits per heavy atom. The molecule has 2 rings (SSSR count). The lowest BCUT2D eigenvalue weighted by Crippen LogP contribution is -2.30. The molecule has 0 radical (unpaired) electrons.